The molecule has 9 heteroatoms. The van der Waals surface area contributed by atoms with Gasteiger partial charge in [0.05, 0.1) is 37.8 Å². The van der Waals surface area contributed by atoms with Gasteiger partial charge in [-0.25, -0.2) is 4.68 Å². The Kier molecular flexibility index (Phi) is 5.36. The molecule has 1 aliphatic rings. The second-order valence-electron chi connectivity index (χ2n) is 7.35. The summed E-state index contributed by atoms with van der Waals surface area (Å²) in [6.45, 7) is 0.940. The molecule has 2 aromatic heterocycles. The van der Waals surface area contributed by atoms with Crippen LogP contribution in [0, 0.1) is 0 Å². The molecule has 2 aromatic carbocycles. The Morgan fingerprint density at radius 1 is 1.09 bits per heavy atom. The fraction of sp³-hybridized carbons (Fsp3) is 0.174. The second-order valence-corrected chi connectivity index (χ2v) is 8.18. The Balaban J connectivity index is 1.63. The minimum atomic E-state index is -0.123. The third-order valence-corrected chi connectivity index (χ3v) is 5.82. The lowest BCUT2D eigenvalue weighted by molar-refractivity contribution is 0.358. The smallest absolute Gasteiger partial charge is 0.251 e. The Labute approximate surface area is 193 Å². The monoisotopic (exact) mass is 468 g/mol. The molecule has 1 aliphatic heterocycles. The molecule has 0 atom stereocenters. The summed E-state index contributed by atoms with van der Waals surface area (Å²) in [4.78, 5) is 13.2. The van der Waals surface area contributed by atoms with Gasteiger partial charge >= 0.3 is 0 Å². The molecule has 0 amide bonds. The summed E-state index contributed by atoms with van der Waals surface area (Å²) in [5.41, 5.74) is 3.80. The van der Waals surface area contributed by atoms with Gasteiger partial charge in [-0.3, -0.25) is 4.79 Å². The van der Waals surface area contributed by atoms with Crippen LogP contribution in [0.25, 0.3) is 16.8 Å². The minimum absolute atomic E-state index is 0.123. The topological polar surface area (TPSA) is 71.2 Å². The van der Waals surface area contributed by atoms with Crippen LogP contribution in [-0.4, -0.2) is 33.3 Å². The van der Waals surface area contributed by atoms with Gasteiger partial charge in [0.15, 0.2) is 5.15 Å². The van der Waals surface area contributed by atoms with Crippen molar-refractivity contribution in [3.63, 3.8) is 0 Å². The van der Waals surface area contributed by atoms with Gasteiger partial charge in [0.25, 0.3) is 5.56 Å². The number of aromatic nitrogens is 4. The molecule has 5 rings (SSSR count). The Hall–Kier alpha value is -3.29. The predicted molar refractivity (Wildman–Crippen MR) is 122 cm³/mol. The largest absolute Gasteiger partial charge is 0.497 e. The summed E-state index contributed by atoms with van der Waals surface area (Å²) >= 11 is 12.3. The second kappa shape index (κ2) is 8.33. The van der Waals surface area contributed by atoms with Crippen molar-refractivity contribution < 1.29 is 9.47 Å². The Morgan fingerprint density at radius 3 is 2.62 bits per heavy atom. The van der Waals surface area contributed by atoms with Gasteiger partial charge in [-0.1, -0.05) is 40.5 Å². The van der Waals surface area contributed by atoms with Gasteiger partial charge in [0.1, 0.15) is 11.5 Å². The highest BCUT2D eigenvalue weighted by Gasteiger charge is 2.25. The van der Waals surface area contributed by atoms with Crippen molar-refractivity contribution in [1.29, 1.82) is 0 Å². The zero-order valence-electron chi connectivity index (χ0n) is 17.1. The number of hydrogen-bond donors (Lipinski definition) is 0. The van der Waals surface area contributed by atoms with Crippen LogP contribution < -0.4 is 15.0 Å². The summed E-state index contributed by atoms with van der Waals surface area (Å²) in [6.07, 6.45) is 2.24. The van der Waals surface area contributed by atoms with Gasteiger partial charge in [0.2, 0.25) is 0 Å². The number of benzene rings is 2. The molecule has 32 heavy (non-hydrogen) atoms. The van der Waals surface area contributed by atoms with E-state index in [4.69, 9.17) is 32.7 Å². The van der Waals surface area contributed by atoms with Gasteiger partial charge in [-0.15, -0.1) is 5.10 Å². The first kappa shape index (κ1) is 20.6. The van der Waals surface area contributed by atoms with Crippen molar-refractivity contribution in [1.82, 2.24) is 19.6 Å². The fourth-order valence-corrected chi connectivity index (χ4v) is 4.21. The van der Waals surface area contributed by atoms with E-state index in [9.17, 15) is 4.79 Å². The maximum Gasteiger partial charge on any atom is 0.251 e. The highest BCUT2D eigenvalue weighted by Crippen LogP contribution is 2.39. The van der Waals surface area contributed by atoms with Crippen LogP contribution in [0.1, 0.15) is 11.3 Å². The van der Waals surface area contributed by atoms with E-state index in [-0.39, 0.29) is 10.7 Å². The van der Waals surface area contributed by atoms with Gasteiger partial charge in [-0.2, -0.15) is 0 Å². The van der Waals surface area contributed by atoms with E-state index in [1.165, 1.54) is 0 Å². The molecular formula is C23H18Cl2N4O3. The lowest BCUT2D eigenvalue weighted by atomic mass is 10.0. The summed E-state index contributed by atoms with van der Waals surface area (Å²) in [5, 5.41) is 8.71. The highest BCUT2D eigenvalue weighted by molar-refractivity contribution is 6.31. The third-order valence-electron chi connectivity index (χ3n) is 5.41. The molecule has 4 aromatic rings. The van der Waals surface area contributed by atoms with E-state index in [2.05, 4.69) is 10.3 Å². The maximum absolute atomic E-state index is 13.2. The van der Waals surface area contributed by atoms with Gasteiger partial charge < -0.3 is 14.0 Å². The quantitative estimate of drug-likeness (QED) is 0.434. The van der Waals surface area contributed by atoms with Crippen molar-refractivity contribution in [2.45, 2.75) is 13.0 Å². The van der Waals surface area contributed by atoms with Crippen LogP contribution in [0.3, 0.4) is 0 Å². The van der Waals surface area contributed by atoms with Gasteiger partial charge in [-0.05, 0) is 35.9 Å². The van der Waals surface area contributed by atoms with Crippen LogP contribution in [0.15, 0.2) is 59.5 Å². The molecule has 0 unspecified atom stereocenters. The van der Waals surface area contributed by atoms with Crippen LogP contribution in [0.2, 0.25) is 10.2 Å². The molecule has 0 fully saturated rings. The van der Waals surface area contributed by atoms with Crippen molar-refractivity contribution in [3.05, 3.63) is 86.5 Å². The molecule has 0 aliphatic carbocycles. The van der Waals surface area contributed by atoms with E-state index in [1.807, 2.05) is 30.3 Å². The first-order valence-corrected chi connectivity index (χ1v) is 10.7. The molecule has 0 saturated heterocycles. The van der Waals surface area contributed by atoms with Crippen molar-refractivity contribution in [2.24, 2.45) is 0 Å². The molecule has 7 nitrogen and oxygen atoms in total. The minimum Gasteiger partial charge on any atom is -0.497 e. The highest BCUT2D eigenvalue weighted by atomic mass is 35.5. The van der Waals surface area contributed by atoms with Crippen LogP contribution >= 0.6 is 23.2 Å². The zero-order chi connectivity index (χ0) is 22.2. The molecule has 0 spiro atoms. The predicted octanol–water partition coefficient (Wildman–Crippen LogP) is 4.39. The summed E-state index contributed by atoms with van der Waals surface area (Å²) < 4.78 is 14.5. The van der Waals surface area contributed by atoms with E-state index in [0.29, 0.717) is 47.2 Å². The average molecular weight is 469 g/mol. The van der Waals surface area contributed by atoms with E-state index < -0.39 is 0 Å². The number of methoxy groups -OCH3 is 1. The zero-order valence-corrected chi connectivity index (χ0v) is 18.6. The van der Waals surface area contributed by atoms with Crippen molar-refractivity contribution >= 4 is 23.2 Å². The average Bonchev–Trinajstić information content (AvgIpc) is 3.45. The van der Waals surface area contributed by atoms with Crippen LogP contribution in [0.4, 0.5) is 0 Å². The first-order chi connectivity index (χ1) is 15.5. The number of hydrogen-bond acceptors (Lipinski definition) is 5. The third kappa shape index (κ3) is 3.74. The summed E-state index contributed by atoms with van der Waals surface area (Å²) in [6, 6.07) is 14.6. The van der Waals surface area contributed by atoms with Crippen molar-refractivity contribution in [3.8, 4) is 28.3 Å². The normalized spacial score (nSPS) is 12.5. The standard InChI is InChI=1S/C23H18Cl2N4O3/c1-31-16-5-2-14(3-6-16)12-28-20-8-9-32-23(20)18(11-22(28)30)17-10-15(24)4-7-19(17)29-13-21(25)26-27-29/h2-7,10-11,13H,8-9,12H2,1H3. The lowest BCUT2D eigenvalue weighted by Gasteiger charge is -2.16. The molecule has 0 N–H and O–H groups in total. The molecule has 3 heterocycles. The van der Waals surface area contributed by atoms with Crippen LogP contribution in [-0.2, 0) is 13.0 Å². The Bertz CT molecular complexity index is 1360. The fourth-order valence-electron chi connectivity index (χ4n) is 3.91. The van der Waals surface area contributed by atoms with E-state index in [0.717, 1.165) is 17.0 Å². The number of ether oxygens (including phenoxy) is 2. The maximum atomic E-state index is 13.2. The number of pyridine rings is 1. The molecule has 0 bridgehead atoms. The van der Waals surface area contributed by atoms with Crippen LogP contribution in [0.5, 0.6) is 11.5 Å². The SMILES string of the molecule is COc1ccc(Cn2c3c(c(-c4cc(Cl)ccc4-n4cc(Cl)nn4)cc2=O)OCC3)cc1. The molecule has 0 saturated carbocycles. The number of rotatable bonds is 5. The number of halogens is 2. The molecule has 0 radical (unpaired) electrons. The Morgan fingerprint density at radius 2 is 1.91 bits per heavy atom. The number of fused-ring (bicyclic) bond motifs is 1. The summed E-state index contributed by atoms with van der Waals surface area (Å²) in [5.74, 6) is 1.44. The summed E-state index contributed by atoms with van der Waals surface area (Å²) in [7, 11) is 1.62. The lowest BCUT2D eigenvalue weighted by Crippen LogP contribution is -2.23. The molecular weight excluding hydrogens is 451 g/mol. The van der Waals surface area contributed by atoms with Crippen molar-refractivity contribution in [2.75, 3.05) is 13.7 Å². The van der Waals surface area contributed by atoms with E-state index in [1.54, 1.807) is 40.8 Å². The number of nitrogens with zero attached hydrogens (tertiary/aromatic N) is 4. The molecule has 162 valence electrons. The first-order valence-electron chi connectivity index (χ1n) is 9.94. The van der Waals surface area contributed by atoms with Gasteiger partial charge in [0, 0.05) is 28.6 Å². The van der Waals surface area contributed by atoms with E-state index >= 15 is 0 Å².